The third kappa shape index (κ3) is 10.1. The van der Waals surface area contributed by atoms with Crippen LogP contribution in [0.4, 0.5) is 4.79 Å². The Morgan fingerprint density at radius 2 is 1.37 bits per heavy atom. The number of hydrogen-bond acceptors (Lipinski definition) is 5. The second-order valence-corrected chi connectivity index (χ2v) is 18.7. The van der Waals surface area contributed by atoms with Gasteiger partial charge < -0.3 is 0 Å². The van der Waals surface area contributed by atoms with Gasteiger partial charge in [0.15, 0.2) is 0 Å². The number of nitrogens with one attached hydrogen (secondary N) is 1. The number of carbonyl (C=O) groups is 2. The Morgan fingerprint density at radius 1 is 0.816 bits per heavy atom. The first-order valence-electron chi connectivity index (χ1n) is 17.3. The van der Waals surface area contributed by atoms with Crippen LogP contribution in [0.1, 0.15) is 70.1 Å². The summed E-state index contributed by atoms with van der Waals surface area (Å²) in [5.74, 6) is -0.239. The number of ether oxygens (including phenoxy) is 1. The van der Waals surface area contributed by atoms with E-state index in [4.69, 9.17) is 4.74 Å². The van der Waals surface area contributed by atoms with Gasteiger partial charge in [-0.25, -0.2) is 0 Å². The molecule has 4 aromatic rings. The number of carbonyl (C=O) groups excluding carboxylic acids is 2. The molecule has 0 saturated carbocycles. The van der Waals surface area contributed by atoms with E-state index in [0.29, 0.717) is 18.8 Å². The molecule has 0 fully saturated rings. The van der Waals surface area contributed by atoms with Crippen LogP contribution < -0.4 is 9.78 Å². The molecule has 0 aromatic heterocycles. The van der Waals surface area contributed by atoms with Gasteiger partial charge in [0.1, 0.15) is 0 Å². The predicted molar refractivity (Wildman–Crippen MR) is 204 cm³/mol. The Labute approximate surface area is 302 Å². The van der Waals surface area contributed by atoms with Crippen molar-refractivity contribution in [1.29, 1.82) is 0 Å². The predicted octanol–water partition coefficient (Wildman–Crippen LogP) is 8.43. The Kier molecular flexibility index (Phi) is 12.8. The van der Waals surface area contributed by atoms with Crippen molar-refractivity contribution >= 4 is 42.4 Å². The molecule has 1 amide bonds. The molecule has 0 aliphatic heterocycles. The van der Waals surface area contributed by atoms with E-state index in [0.717, 1.165) is 27.6 Å². The summed E-state index contributed by atoms with van der Waals surface area (Å²) >= 11 is 1.04. The number of fused-ring (bicyclic) bond motifs is 3. The van der Waals surface area contributed by atoms with Gasteiger partial charge in [0.25, 0.3) is 0 Å². The van der Waals surface area contributed by atoms with Gasteiger partial charge in [0.2, 0.25) is 0 Å². The molecule has 1 aliphatic carbocycles. The van der Waals surface area contributed by atoms with Gasteiger partial charge in [-0.1, -0.05) is 0 Å². The third-order valence-corrected chi connectivity index (χ3v) is 13.0. The minimum absolute atomic E-state index is 0.00844. The van der Waals surface area contributed by atoms with Gasteiger partial charge in [0, 0.05) is 0 Å². The van der Waals surface area contributed by atoms with Crippen LogP contribution in [0.25, 0.3) is 11.1 Å². The molecule has 0 radical (unpaired) electrons. The van der Waals surface area contributed by atoms with Crippen LogP contribution in [0.2, 0.25) is 4.82 Å². The summed E-state index contributed by atoms with van der Waals surface area (Å²) in [6, 6.07) is 36.3. The topological polar surface area (TPSA) is 75.6 Å². The number of rotatable bonds is 14. The summed E-state index contributed by atoms with van der Waals surface area (Å²) in [6.45, 7) is 10.6. The van der Waals surface area contributed by atoms with Crippen molar-refractivity contribution < 1.29 is 19.4 Å². The molecule has 5 rings (SSSR count). The number of alkyl carbamates (subject to hydrolysis) is 1. The van der Waals surface area contributed by atoms with Crippen LogP contribution in [0.15, 0.2) is 109 Å². The third-order valence-electron chi connectivity index (χ3n) is 8.87. The molecule has 7 heteroatoms. The zero-order valence-corrected chi connectivity index (χ0v) is 31.7. The molecule has 1 aliphatic rings. The summed E-state index contributed by atoms with van der Waals surface area (Å²) < 4.78 is 6.86. The molecule has 2 N–H and O–H groups in total. The summed E-state index contributed by atoms with van der Waals surface area (Å²) in [7, 11) is 0. The fourth-order valence-electron chi connectivity index (χ4n) is 6.50. The summed E-state index contributed by atoms with van der Waals surface area (Å²) in [5.41, 5.74) is 5.70. The van der Waals surface area contributed by atoms with Gasteiger partial charge in [-0.3, -0.25) is 0 Å². The zero-order chi connectivity index (χ0) is 35.0. The summed E-state index contributed by atoms with van der Waals surface area (Å²) in [4.78, 5) is 27.4. The van der Waals surface area contributed by atoms with E-state index < -0.39 is 29.0 Å². The van der Waals surface area contributed by atoms with E-state index in [1.165, 1.54) is 22.9 Å². The van der Waals surface area contributed by atoms with E-state index >= 15 is 0 Å². The number of amides is 1. The molecule has 4 aromatic carbocycles. The van der Waals surface area contributed by atoms with Crippen molar-refractivity contribution in [2.45, 2.75) is 81.5 Å². The first-order chi connectivity index (χ1) is 23.5. The van der Waals surface area contributed by atoms with Crippen molar-refractivity contribution in [3.05, 3.63) is 126 Å². The number of benzene rings is 4. The van der Waals surface area contributed by atoms with E-state index in [2.05, 4.69) is 55.6 Å². The average Bonchev–Trinajstić information content (AvgIpc) is 3.39. The quantitative estimate of drug-likeness (QED) is 0.127. The molecular weight excluding hydrogens is 693 g/mol. The van der Waals surface area contributed by atoms with Crippen molar-refractivity contribution in [3.63, 3.8) is 0 Å². The molecule has 4 atom stereocenters. The van der Waals surface area contributed by atoms with Gasteiger partial charge >= 0.3 is 304 Å². The molecule has 0 spiro atoms. The average molecular weight is 743 g/mol. The fourth-order valence-corrected chi connectivity index (χ4v) is 10.2. The number of aliphatic hydroxyl groups is 1. The SMILES string of the molecule is CC(C)CC[C@H](C(=O)SC(C)(C)C)[C@@H](O)[C@@H]([Se]c1ccccc1)[C@H](Cc1ccccc1)NC(=O)OCC1c2ccccc2-c2ccccc21. The second kappa shape index (κ2) is 17.0. The van der Waals surface area contributed by atoms with Gasteiger partial charge in [-0.15, -0.1) is 0 Å². The van der Waals surface area contributed by atoms with Crippen molar-refractivity contribution in [2.75, 3.05) is 6.61 Å². The Morgan fingerprint density at radius 3 is 1.94 bits per heavy atom. The summed E-state index contributed by atoms with van der Waals surface area (Å²) in [6.07, 6.45) is 0.443. The molecule has 49 heavy (non-hydrogen) atoms. The molecule has 5 nitrogen and oxygen atoms in total. The molecule has 0 saturated heterocycles. The Balaban J connectivity index is 1.44. The normalized spacial score (nSPS) is 15.2. The number of aliphatic hydroxyl groups excluding tert-OH is 1. The minimum atomic E-state index is -0.955. The molecule has 0 bridgehead atoms. The van der Waals surface area contributed by atoms with Crippen molar-refractivity contribution in [2.24, 2.45) is 11.8 Å². The number of hydrogen-bond donors (Lipinski definition) is 2. The molecule has 0 heterocycles. The van der Waals surface area contributed by atoms with Gasteiger partial charge in [0.05, 0.1) is 0 Å². The maximum atomic E-state index is 13.9. The van der Waals surface area contributed by atoms with Crippen LogP contribution in [-0.4, -0.2) is 54.8 Å². The number of thioether (sulfide) groups is 1. The van der Waals surface area contributed by atoms with Gasteiger partial charge in [-0.05, 0) is 0 Å². The van der Waals surface area contributed by atoms with Crippen molar-refractivity contribution in [3.8, 4) is 11.1 Å². The van der Waals surface area contributed by atoms with E-state index in [9.17, 15) is 14.7 Å². The Bertz CT molecular complexity index is 1630. The summed E-state index contributed by atoms with van der Waals surface area (Å²) in [5, 5.41) is 15.6. The first-order valence-corrected chi connectivity index (χ1v) is 19.9. The van der Waals surface area contributed by atoms with E-state index in [1.54, 1.807) is 0 Å². The van der Waals surface area contributed by atoms with Crippen LogP contribution in [0, 0.1) is 11.8 Å². The maximum absolute atomic E-state index is 13.9. The van der Waals surface area contributed by atoms with Gasteiger partial charge in [-0.2, -0.15) is 0 Å². The van der Waals surface area contributed by atoms with E-state index in [-0.39, 0.29) is 37.3 Å². The second-order valence-electron chi connectivity index (χ2n) is 14.3. The van der Waals surface area contributed by atoms with Crippen LogP contribution in [0.5, 0.6) is 0 Å². The standard InChI is InChI=1S/C42H49NO4SSe/c1-28(2)24-25-35(40(45)48-42(3,4)5)38(44)39(49-30-18-10-7-11-19-30)37(26-29-16-8-6-9-17-29)43-41(46)47-27-36-33-22-14-12-20-31(33)32-21-13-15-23-34(32)36/h6-23,28,35-39,44H,24-27H2,1-5H3,(H,43,46)/t35-,37-,38+,39-/m0/s1. The van der Waals surface area contributed by atoms with Crippen LogP contribution in [0.3, 0.4) is 0 Å². The van der Waals surface area contributed by atoms with Crippen LogP contribution in [-0.2, 0) is 16.0 Å². The fraction of sp³-hybridized carbons (Fsp3) is 0.381. The van der Waals surface area contributed by atoms with Crippen molar-refractivity contribution in [1.82, 2.24) is 5.32 Å². The Hall–Kier alpha value is -3.35. The van der Waals surface area contributed by atoms with Crippen LogP contribution >= 0.6 is 11.8 Å². The molecular formula is C42H49NO4SSe. The van der Waals surface area contributed by atoms with E-state index in [1.807, 2.05) is 93.6 Å². The zero-order valence-electron chi connectivity index (χ0n) is 29.2. The monoisotopic (exact) mass is 743 g/mol. The first kappa shape index (κ1) is 36.9. The molecule has 258 valence electrons. The molecule has 0 unspecified atom stereocenters.